The molecule has 1 heterocycles. The van der Waals surface area contributed by atoms with Crippen molar-refractivity contribution in [3.05, 3.63) is 83.9 Å². The van der Waals surface area contributed by atoms with E-state index in [0.29, 0.717) is 23.5 Å². The van der Waals surface area contributed by atoms with Crippen LogP contribution in [-0.2, 0) is 6.54 Å². The number of nitrogens with zero attached hydrogens (tertiary/aromatic N) is 2. The van der Waals surface area contributed by atoms with Gasteiger partial charge in [-0.15, -0.1) is 0 Å². The van der Waals surface area contributed by atoms with E-state index in [1.54, 1.807) is 48.5 Å². The molecule has 0 bridgehead atoms. The summed E-state index contributed by atoms with van der Waals surface area (Å²) < 4.78 is 0. The summed E-state index contributed by atoms with van der Waals surface area (Å²) >= 11 is 0. The Kier molecular flexibility index (Phi) is 5.19. The number of rotatable bonds is 5. The van der Waals surface area contributed by atoms with Gasteiger partial charge in [-0.2, -0.15) is 0 Å². The number of para-hydroxylation sites is 2. The van der Waals surface area contributed by atoms with Crippen LogP contribution in [0.5, 0.6) is 0 Å². The molecule has 0 radical (unpaired) electrons. The first-order valence-corrected chi connectivity index (χ1v) is 7.92. The van der Waals surface area contributed by atoms with E-state index in [1.165, 1.54) is 18.6 Å². The molecule has 4 N–H and O–H groups in total. The summed E-state index contributed by atoms with van der Waals surface area (Å²) in [5.41, 5.74) is 8.50. The summed E-state index contributed by atoms with van der Waals surface area (Å²) in [5, 5.41) is 5.52. The smallest absolute Gasteiger partial charge is 0.271 e. The fourth-order valence-corrected chi connectivity index (χ4v) is 2.27. The summed E-state index contributed by atoms with van der Waals surface area (Å²) in [4.78, 5) is 32.0. The standard InChI is InChI=1S/C19H17N5O2/c20-15-3-1-2-4-16(15)24-18(25)14-7-5-13(6-8-14)11-23-19(26)17-12-21-9-10-22-17/h1-10,12H,11,20H2,(H,23,26)(H,24,25). The molecular weight excluding hydrogens is 330 g/mol. The first kappa shape index (κ1) is 17.1. The maximum atomic E-state index is 12.3. The average Bonchev–Trinajstić information content (AvgIpc) is 2.69. The minimum Gasteiger partial charge on any atom is -0.397 e. The predicted molar refractivity (Wildman–Crippen MR) is 98.5 cm³/mol. The fourth-order valence-electron chi connectivity index (χ4n) is 2.27. The number of nitrogens with one attached hydrogen (secondary N) is 2. The first-order chi connectivity index (χ1) is 12.6. The number of amides is 2. The summed E-state index contributed by atoms with van der Waals surface area (Å²) in [6, 6.07) is 14.0. The molecule has 0 aliphatic heterocycles. The molecule has 7 nitrogen and oxygen atoms in total. The van der Waals surface area contributed by atoms with Crippen molar-refractivity contribution >= 4 is 23.2 Å². The maximum Gasteiger partial charge on any atom is 0.271 e. The van der Waals surface area contributed by atoms with Crippen LogP contribution in [0.15, 0.2) is 67.1 Å². The van der Waals surface area contributed by atoms with Crippen molar-refractivity contribution in [2.24, 2.45) is 0 Å². The van der Waals surface area contributed by atoms with E-state index in [4.69, 9.17) is 5.73 Å². The first-order valence-electron chi connectivity index (χ1n) is 7.92. The van der Waals surface area contributed by atoms with Gasteiger partial charge in [-0.1, -0.05) is 24.3 Å². The molecule has 2 aromatic carbocycles. The third-order valence-corrected chi connectivity index (χ3v) is 3.67. The molecule has 26 heavy (non-hydrogen) atoms. The summed E-state index contributed by atoms with van der Waals surface area (Å²) in [6.07, 6.45) is 4.36. The molecule has 130 valence electrons. The van der Waals surface area contributed by atoms with E-state index in [9.17, 15) is 9.59 Å². The monoisotopic (exact) mass is 347 g/mol. The Labute approximate surface area is 150 Å². The predicted octanol–water partition coefficient (Wildman–Crippen LogP) is 2.24. The molecule has 0 fully saturated rings. The Morgan fingerprint density at radius 3 is 2.42 bits per heavy atom. The van der Waals surface area contributed by atoms with Gasteiger partial charge in [0.2, 0.25) is 0 Å². The summed E-state index contributed by atoms with van der Waals surface area (Å²) in [7, 11) is 0. The SMILES string of the molecule is Nc1ccccc1NC(=O)c1ccc(CNC(=O)c2cnccn2)cc1. The molecule has 0 atom stereocenters. The Balaban J connectivity index is 1.59. The molecule has 7 heteroatoms. The quantitative estimate of drug-likeness (QED) is 0.613. The van der Waals surface area contributed by atoms with Crippen molar-refractivity contribution in [1.82, 2.24) is 15.3 Å². The van der Waals surface area contributed by atoms with Gasteiger partial charge in [0, 0.05) is 24.5 Å². The number of aromatic nitrogens is 2. The second-order valence-electron chi connectivity index (χ2n) is 5.51. The number of anilines is 2. The van der Waals surface area contributed by atoms with Crippen molar-refractivity contribution in [3.63, 3.8) is 0 Å². The molecule has 0 saturated carbocycles. The van der Waals surface area contributed by atoms with E-state index >= 15 is 0 Å². The van der Waals surface area contributed by atoms with E-state index in [2.05, 4.69) is 20.6 Å². The highest BCUT2D eigenvalue weighted by Crippen LogP contribution is 2.18. The number of hydrogen-bond acceptors (Lipinski definition) is 5. The van der Waals surface area contributed by atoms with Gasteiger partial charge in [0.15, 0.2) is 0 Å². The van der Waals surface area contributed by atoms with Crippen LogP contribution in [0.3, 0.4) is 0 Å². The molecule has 0 unspecified atom stereocenters. The van der Waals surface area contributed by atoms with Crippen molar-refractivity contribution < 1.29 is 9.59 Å². The van der Waals surface area contributed by atoms with Crippen LogP contribution in [0, 0.1) is 0 Å². The molecule has 0 aliphatic carbocycles. The van der Waals surface area contributed by atoms with Crippen molar-refractivity contribution in [2.75, 3.05) is 11.1 Å². The van der Waals surface area contributed by atoms with Crippen LogP contribution in [0.4, 0.5) is 11.4 Å². The molecule has 0 spiro atoms. The van der Waals surface area contributed by atoms with Gasteiger partial charge in [0.05, 0.1) is 17.6 Å². The number of hydrogen-bond donors (Lipinski definition) is 3. The largest absolute Gasteiger partial charge is 0.397 e. The van der Waals surface area contributed by atoms with Crippen LogP contribution in [0.2, 0.25) is 0 Å². The highest BCUT2D eigenvalue weighted by molar-refractivity contribution is 6.05. The molecule has 0 saturated heterocycles. The van der Waals surface area contributed by atoms with Gasteiger partial charge in [0.25, 0.3) is 11.8 Å². The zero-order chi connectivity index (χ0) is 18.4. The number of nitrogen functional groups attached to an aromatic ring is 1. The van der Waals surface area contributed by atoms with E-state index in [1.807, 2.05) is 0 Å². The lowest BCUT2D eigenvalue weighted by atomic mass is 10.1. The van der Waals surface area contributed by atoms with Crippen LogP contribution >= 0.6 is 0 Å². The third kappa shape index (κ3) is 4.21. The molecule has 1 aromatic heterocycles. The normalized spacial score (nSPS) is 10.2. The lowest BCUT2D eigenvalue weighted by Gasteiger charge is -2.09. The van der Waals surface area contributed by atoms with Crippen LogP contribution < -0.4 is 16.4 Å². The van der Waals surface area contributed by atoms with E-state index in [-0.39, 0.29) is 17.5 Å². The summed E-state index contributed by atoms with van der Waals surface area (Å²) in [5.74, 6) is -0.558. The van der Waals surface area contributed by atoms with Gasteiger partial charge < -0.3 is 16.4 Å². The Hall–Kier alpha value is -3.74. The van der Waals surface area contributed by atoms with Gasteiger partial charge in [0.1, 0.15) is 5.69 Å². The summed E-state index contributed by atoms with van der Waals surface area (Å²) in [6.45, 7) is 0.322. The molecule has 0 aliphatic rings. The second kappa shape index (κ2) is 7.89. The van der Waals surface area contributed by atoms with Crippen LogP contribution in [-0.4, -0.2) is 21.8 Å². The lowest BCUT2D eigenvalue weighted by Crippen LogP contribution is -2.23. The van der Waals surface area contributed by atoms with Crippen molar-refractivity contribution in [2.45, 2.75) is 6.54 Å². The number of nitrogens with two attached hydrogens (primary N) is 1. The van der Waals surface area contributed by atoms with Gasteiger partial charge in [-0.05, 0) is 29.8 Å². The highest BCUT2D eigenvalue weighted by atomic mass is 16.2. The van der Waals surface area contributed by atoms with Crippen molar-refractivity contribution in [3.8, 4) is 0 Å². The molecule has 2 amide bonds. The minimum atomic E-state index is -0.306. The van der Waals surface area contributed by atoms with Gasteiger partial charge in [-0.25, -0.2) is 4.98 Å². The van der Waals surface area contributed by atoms with Crippen molar-refractivity contribution in [1.29, 1.82) is 0 Å². The Bertz CT molecular complexity index is 911. The van der Waals surface area contributed by atoms with Gasteiger partial charge >= 0.3 is 0 Å². The fraction of sp³-hybridized carbons (Fsp3) is 0.0526. The Morgan fingerprint density at radius 2 is 1.73 bits per heavy atom. The van der Waals surface area contributed by atoms with E-state index in [0.717, 1.165) is 5.56 Å². The van der Waals surface area contributed by atoms with Crippen LogP contribution in [0.1, 0.15) is 26.4 Å². The minimum absolute atomic E-state index is 0.252. The maximum absolute atomic E-state index is 12.3. The zero-order valence-electron chi connectivity index (χ0n) is 13.8. The average molecular weight is 347 g/mol. The number of benzene rings is 2. The number of carbonyl (C=O) groups is 2. The highest BCUT2D eigenvalue weighted by Gasteiger charge is 2.09. The molecule has 3 aromatic rings. The second-order valence-corrected chi connectivity index (χ2v) is 5.51. The van der Waals surface area contributed by atoms with E-state index < -0.39 is 0 Å². The molecule has 3 rings (SSSR count). The van der Waals surface area contributed by atoms with Crippen LogP contribution in [0.25, 0.3) is 0 Å². The third-order valence-electron chi connectivity index (χ3n) is 3.67. The number of carbonyl (C=O) groups excluding carboxylic acids is 2. The topological polar surface area (TPSA) is 110 Å². The van der Waals surface area contributed by atoms with Gasteiger partial charge in [-0.3, -0.25) is 14.6 Å². The lowest BCUT2D eigenvalue weighted by molar-refractivity contribution is 0.0944. The zero-order valence-corrected chi connectivity index (χ0v) is 13.8. The molecular formula is C19H17N5O2. The Morgan fingerprint density at radius 1 is 0.962 bits per heavy atom.